The number of aromatic nitrogens is 4. The second-order valence-corrected chi connectivity index (χ2v) is 7.86. The fourth-order valence-electron chi connectivity index (χ4n) is 3.96. The summed E-state index contributed by atoms with van der Waals surface area (Å²) in [5.41, 5.74) is 4.49. The lowest BCUT2D eigenvalue weighted by Gasteiger charge is -2.28. The van der Waals surface area contributed by atoms with E-state index in [9.17, 15) is 0 Å². The maximum Gasteiger partial charge on any atom is 0.226 e. The molecule has 9 nitrogen and oxygen atoms in total. The second kappa shape index (κ2) is 8.95. The minimum Gasteiger partial charge on any atom is -0.497 e. The van der Waals surface area contributed by atoms with Gasteiger partial charge < -0.3 is 25.0 Å². The van der Waals surface area contributed by atoms with Crippen LogP contribution in [0.15, 0.2) is 48.5 Å². The van der Waals surface area contributed by atoms with Gasteiger partial charge in [0.1, 0.15) is 5.75 Å². The van der Waals surface area contributed by atoms with Crippen LogP contribution >= 0.6 is 0 Å². The van der Waals surface area contributed by atoms with E-state index in [1.807, 2.05) is 48.0 Å². The van der Waals surface area contributed by atoms with Crippen molar-refractivity contribution < 1.29 is 9.47 Å². The molecule has 0 atom stereocenters. The minimum atomic E-state index is 0.542. The molecule has 3 heterocycles. The van der Waals surface area contributed by atoms with E-state index in [1.54, 1.807) is 7.11 Å². The Labute approximate surface area is 192 Å². The molecule has 2 N–H and O–H groups in total. The first kappa shape index (κ1) is 21.0. The number of aryl methyl sites for hydroxylation is 1. The summed E-state index contributed by atoms with van der Waals surface area (Å²) in [6.07, 6.45) is 0. The molecule has 170 valence electrons. The van der Waals surface area contributed by atoms with E-state index >= 15 is 0 Å². The fourth-order valence-corrected chi connectivity index (χ4v) is 3.96. The Hall–Kier alpha value is -3.85. The molecule has 0 amide bonds. The third kappa shape index (κ3) is 4.14. The lowest BCUT2D eigenvalue weighted by atomic mass is 10.2. The molecule has 1 aliphatic rings. The predicted octanol–water partition coefficient (Wildman–Crippen LogP) is 3.75. The van der Waals surface area contributed by atoms with Crippen molar-refractivity contribution in [1.82, 2.24) is 19.5 Å². The number of nitrogens with one attached hydrogen (secondary N) is 2. The van der Waals surface area contributed by atoms with Crippen LogP contribution in [0.25, 0.3) is 16.9 Å². The van der Waals surface area contributed by atoms with E-state index in [1.165, 1.54) is 5.56 Å². The molecule has 0 spiro atoms. The first-order valence-corrected chi connectivity index (χ1v) is 11.0. The van der Waals surface area contributed by atoms with E-state index in [-0.39, 0.29) is 0 Å². The van der Waals surface area contributed by atoms with Gasteiger partial charge in [-0.15, -0.1) is 0 Å². The molecule has 0 saturated carbocycles. The number of hydrogen-bond donors (Lipinski definition) is 2. The Morgan fingerprint density at radius 1 is 1.00 bits per heavy atom. The van der Waals surface area contributed by atoms with E-state index in [0.717, 1.165) is 47.2 Å². The summed E-state index contributed by atoms with van der Waals surface area (Å²) in [4.78, 5) is 16.8. The third-order valence-electron chi connectivity index (χ3n) is 5.63. The molecule has 5 rings (SSSR count). The number of anilines is 4. The first-order valence-electron chi connectivity index (χ1n) is 11.0. The molecule has 0 aliphatic carbocycles. The zero-order valence-electron chi connectivity index (χ0n) is 19.0. The number of rotatable bonds is 6. The van der Waals surface area contributed by atoms with Crippen LogP contribution in [0.3, 0.4) is 0 Å². The van der Waals surface area contributed by atoms with Crippen LogP contribution in [0.1, 0.15) is 5.56 Å². The zero-order valence-corrected chi connectivity index (χ0v) is 19.0. The lowest BCUT2D eigenvalue weighted by Crippen LogP contribution is -2.37. The van der Waals surface area contributed by atoms with Crippen molar-refractivity contribution in [3.05, 3.63) is 54.1 Å². The smallest absolute Gasteiger partial charge is 0.226 e. The van der Waals surface area contributed by atoms with Gasteiger partial charge in [0, 0.05) is 25.8 Å². The number of morpholine rings is 1. The molecule has 2 aromatic heterocycles. The number of hydrogen-bond acceptors (Lipinski definition) is 8. The maximum absolute atomic E-state index is 5.55. The van der Waals surface area contributed by atoms with E-state index < -0.39 is 0 Å². The van der Waals surface area contributed by atoms with E-state index in [0.29, 0.717) is 25.1 Å². The molecular formula is C24H27N7O2. The maximum atomic E-state index is 5.55. The molecule has 0 unspecified atom stereocenters. The van der Waals surface area contributed by atoms with Crippen molar-refractivity contribution in [2.75, 3.05) is 56.0 Å². The number of ether oxygens (including phenoxy) is 2. The van der Waals surface area contributed by atoms with Crippen LogP contribution in [-0.2, 0) is 4.74 Å². The van der Waals surface area contributed by atoms with Crippen molar-refractivity contribution in [3.8, 4) is 11.4 Å². The van der Waals surface area contributed by atoms with Gasteiger partial charge in [-0.05, 0) is 48.9 Å². The summed E-state index contributed by atoms with van der Waals surface area (Å²) in [6, 6.07) is 16.1. The van der Waals surface area contributed by atoms with Gasteiger partial charge in [0.05, 0.1) is 26.0 Å². The molecule has 1 fully saturated rings. The van der Waals surface area contributed by atoms with Gasteiger partial charge in [0.2, 0.25) is 11.9 Å². The van der Waals surface area contributed by atoms with Crippen LogP contribution in [0, 0.1) is 6.92 Å². The molecule has 4 aromatic rings. The number of nitrogens with zero attached hydrogens (tertiary/aromatic N) is 5. The summed E-state index contributed by atoms with van der Waals surface area (Å²) in [5.74, 6) is 2.79. The standard InChI is InChI=1S/C24H27N7O2/c1-16-5-4-6-17(15-16)26-24-27-20-21(30-11-13-33-14-12-30)28-23(25-2)29-22(20)31(24)18-7-9-19(32-3)10-8-18/h4-10,15H,11-14H2,1-3H3,(H,26,27)(H,25,28,29). The summed E-state index contributed by atoms with van der Waals surface area (Å²) < 4.78 is 12.9. The minimum absolute atomic E-state index is 0.542. The molecule has 0 bridgehead atoms. The van der Waals surface area contributed by atoms with Crippen LogP contribution in [-0.4, -0.2) is 60.0 Å². The molecule has 0 radical (unpaired) electrons. The Kier molecular flexibility index (Phi) is 5.70. The largest absolute Gasteiger partial charge is 0.497 e. The highest BCUT2D eigenvalue weighted by molar-refractivity contribution is 5.89. The molecule has 1 saturated heterocycles. The number of imidazole rings is 1. The van der Waals surface area contributed by atoms with E-state index in [2.05, 4.69) is 34.6 Å². The van der Waals surface area contributed by atoms with Crippen LogP contribution in [0.2, 0.25) is 0 Å². The Morgan fingerprint density at radius 3 is 2.48 bits per heavy atom. The average molecular weight is 446 g/mol. The third-order valence-corrected chi connectivity index (χ3v) is 5.63. The zero-order chi connectivity index (χ0) is 22.8. The van der Waals surface area contributed by atoms with Crippen molar-refractivity contribution in [2.24, 2.45) is 0 Å². The van der Waals surface area contributed by atoms with Gasteiger partial charge in [-0.25, -0.2) is 4.98 Å². The van der Waals surface area contributed by atoms with Gasteiger partial charge in [0.15, 0.2) is 17.0 Å². The molecule has 1 aliphatic heterocycles. The van der Waals surface area contributed by atoms with Crippen molar-refractivity contribution >= 4 is 34.6 Å². The monoisotopic (exact) mass is 445 g/mol. The normalized spacial score (nSPS) is 13.8. The average Bonchev–Trinajstić information content (AvgIpc) is 3.21. The topological polar surface area (TPSA) is 89.4 Å². The Morgan fingerprint density at radius 2 is 1.79 bits per heavy atom. The summed E-state index contributed by atoms with van der Waals surface area (Å²) in [7, 11) is 3.48. The lowest BCUT2D eigenvalue weighted by molar-refractivity contribution is 0.122. The van der Waals surface area contributed by atoms with Crippen LogP contribution in [0.4, 0.5) is 23.4 Å². The quantitative estimate of drug-likeness (QED) is 0.464. The molecule has 2 aromatic carbocycles. The van der Waals surface area contributed by atoms with Crippen molar-refractivity contribution in [2.45, 2.75) is 6.92 Å². The highest BCUT2D eigenvalue weighted by Gasteiger charge is 2.24. The second-order valence-electron chi connectivity index (χ2n) is 7.86. The highest BCUT2D eigenvalue weighted by atomic mass is 16.5. The summed E-state index contributed by atoms with van der Waals surface area (Å²) in [6.45, 7) is 4.90. The number of fused-ring (bicyclic) bond motifs is 1. The number of benzene rings is 2. The van der Waals surface area contributed by atoms with Crippen LogP contribution in [0.5, 0.6) is 5.75 Å². The van der Waals surface area contributed by atoms with Gasteiger partial charge in [0.25, 0.3) is 0 Å². The van der Waals surface area contributed by atoms with Gasteiger partial charge in [-0.3, -0.25) is 4.57 Å². The predicted molar refractivity (Wildman–Crippen MR) is 130 cm³/mol. The van der Waals surface area contributed by atoms with Crippen molar-refractivity contribution in [3.63, 3.8) is 0 Å². The SMILES string of the molecule is CNc1nc(N2CCOCC2)c2nc(Nc3cccc(C)c3)n(-c3ccc(OC)cc3)c2n1. The summed E-state index contributed by atoms with van der Waals surface area (Å²) >= 11 is 0. The highest BCUT2D eigenvalue weighted by Crippen LogP contribution is 2.32. The van der Waals surface area contributed by atoms with Gasteiger partial charge >= 0.3 is 0 Å². The number of methoxy groups -OCH3 is 1. The van der Waals surface area contributed by atoms with Crippen LogP contribution < -0.4 is 20.3 Å². The Balaban J connectivity index is 1.72. The molecular weight excluding hydrogens is 418 g/mol. The van der Waals surface area contributed by atoms with Gasteiger partial charge in [-0.1, -0.05) is 12.1 Å². The fraction of sp³-hybridized carbons (Fsp3) is 0.292. The van der Waals surface area contributed by atoms with Crippen molar-refractivity contribution in [1.29, 1.82) is 0 Å². The Bertz CT molecular complexity index is 1260. The van der Waals surface area contributed by atoms with E-state index in [4.69, 9.17) is 24.4 Å². The molecule has 33 heavy (non-hydrogen) atoms. The van der Waals surface area contributed by atoms with Gasteiger partial charge in [-0.2, -0.15) is 9.97 Å². The molecule has 9 heteroatoms. The first-order chi connectivity index (χ1) is 16.2. The summed E-state index contributed by atoms with van der Waals surface area (Å²) in [5, 5.41) is 6.59.